The number of esters is 1. The van der Waals surface area contributed by atoms with Crippen LogP contribution in [-0.2, 0) is 48.2 Å². The summed E-state index contributed by atoms with van der Waals surface area (Å²) < 4.78 is 81.0. The van der Waals surface area contributed by atoms with Gasteiger partial charge in [-0.15, -0.1) is 0 Å². The smallest absolute Gasteiger partial charge is 0.459 e. The SMILES string of the molecule is O=C(OC[C@H]1OC(OC(=Nc2ccccc2)C(F)(F)F)[C@H](OCc2ccccc2)[C@@H](OCc2ccccc2)[C@@H]1OCc1ccccc1)c1ccccc1. The van der Waals surface area contributed by atoms with Gasteiger partial charge in [0.2, 0.25) is 6.29 Å². The number of benzene rings is 5. The van der Waals surface area contributed by atoms with Crippen LogP contribution >= 0.6 is 0 Å². The van der Waals surface area contributed by atoms with Crippen LogP contribution in [0.25, 0.3) is 0 Å². The lowest BCUT2D eigenvalue weighted by atomic mass is 9.97. The minimum absolute atomic E-state index is 0.0177. The van der Waals surface area contributed by atoms with Crippen molar-refractivity contribution in [2.75, 3.05) is 6.61 Å². The molecule has 0 aliphatic carbocycles. The van der Waals surface area contributed by atoms with E-state index >= 15 is 0 Å². The van der Waals surface area contributed by atoms with Gasteiger partial charge in [-0.2, -0.15) is 13.2 Å². The molecule has 53 heavy (non-hydrogen) atoms. The summed E-state index contributed by atoms with van der Waals surface area (Å²) in [5.74, 6) is -2.20. The van der Waals surface area contributed by atoms with Gasteiger partial charge in [0.1, 0.15) is 31.0 Å². The lowest BCUT2D eigenvalue weighted by molar-refractivity contribution is -0.314. The zero-order valence-electron chi connectivity index (χ0n) is 28.6. The van der Waals surface area contributed by atoms with Crippen molar-refractivity contribution in [2.24, 2.45) is 4.99 Å². The summed E-state index contributed by atoms with van der Waals surface area (Å²) >= 11 is 0. The predicted molar refractivity (Wildman–Crippen MR) is 191 cm³/mol. The van der Waals surface area contributed by atoms with Crippen LogP contribution in [0.5, 0.6) is 0 Å². The summed E-state index contributed by atoms with van der Waals surface area (Å²) in [6.07, 6.45) is -11.3. The van der Waals surface area contributed by atoms with Gasteiger partial charge in [0, 0.05) is 0 Å². The number of aliphatic imine (C=N–C) groups is 1. The highest BCUT2D eigenvalue weighted by Crippen LogP contribution is 2.34. The van der Waals surface area contributed by atoms with E-state index in [1.165, 1.54) is 12.1 Å². The molecule has 0 radical (unpaired) electrons. The van der Waals surface area contributed by atoms with E-state index in [1.54, 1.807) is 48.5 Å². The molecule has 6 rings (SSSR count). The highest BCUT2D eigenvalue weighted by Gasteiger charge is 2.52. The molecule has 0 spiro atoms. The van der Waals surface area contributed by atoms with Crippen molar-refractivity contribution in [2.45, 2.75) is 56.7 Å². The van der Waals surface area contributed by atoms with E-state index in [0.29, 0.717) is 0 Å². The molecule has 8 nitrogen and oxygen atoms in total. The van der Waals surface area contributed by atoms with E-state index < -0.39 is 55.4 Å². The number of carbonyl (C=O) groups is 1. The van der Waals surface area contributed by atoms with Gasteiger partial charge in [-0.3, -0.25) is 0 Å². The molecule has 0 N–H and O–H groups in total. The highest BCUT2D eigenvalue weighted by atomic mass is 19.4. The molecule has 1 fully saturated rings. The van der Waals surface area contributed by atoms with Crippen molar-refractivity contribution in [1.82, 2.24) is 0 Å². The third kappa shape index (κ3) is 10.8. The van der Waals surface area contributed by atoms with Crippen molar-refractivity contribution in [3.05, 3.63) is 174 Å². The van der Waals surface area contributed by atoms with Crippen LogP contribution in [0.2, 0.25) is 0 Å². The highest BCUT2D eigenvalue weighted by molar-refractivity contribution is 5.89. The van der Waals surface area contributed by atoms with Crippen LogP contribution in [0.1, 0.15) is 27.0 Å². The van der Waals surface area contributed by atoms with Gasteiger partial charge in [0.25, 0.3) is 5.90 Å². The Labute approximate surface area is 305 Å². The lowest BCUT2D eigenvalue weighted by Gasteiger charge is -2.45. The van der Waals surface area contributed by atoms with Crippen LogP contribution < -0.4 is 0 Å². The maximum absolute atomic E-state index is 14.7. The molecule has 1 saturated heterocycles. The number of ether oxygens (including phenoxy) is 6. The van der Waals surface area contributed by atoms with Gasteiger partial charge < -0.3 is 28.4 Å². The summed E-state index contributed by atoms with van der Waals surface area (Å²) in [4.78, 5) is 16.9. The monoisotopic (exact) mass is 725 g/mol. The van der Waals surface area contributed by atoms with E-state index in [2.05, 4.69) is 4.99 Å². The number of hydrogen-bond acceptors (Lipinski definition) is 8. The summed E-state index contributed by atoms with van der Waals surface area (Å²) in [7, 11) is 0. The Morgan fingerprint density at radius 3 is 1.51 bits per heavy atom. The molecule has 0 saturated carbocycles. The summed E-state index contributed by atoms with van der Waals surface area (Å²) in [5.41, 5.74) is 2.68. The van der Waals surface area contributed by atoms with Crippen LogP contribution in [0.4, 0.5) is 18.9 Å². The zero-order valence-corrected chi connectivity index (χ0v) is 28.6. The Kier molecular flexibility index (Phi) is 13.0. The minimum Gasteiger partial charge on any atom is -0.459 e. The summed E-state index contributed by atoms with van der Waals surface area (Å²) in [5, 5.41) is 0. The molecule has 0 bridgehead atoms. The number of hydrogen-bond donors (Lipinski definition) is 0. The Balaban J connectivity index is 1.39. The first-order valence-electron chi connectivity index (χ1n) is 17.1. The Morgan fingerprint density at radius 1 is 0.585 bits per heavy atom. The molecule has 5 aromatic carbocycles. The first-order valence-corrected chi connectivity index (χ1v) is 17.1. The van der Waals surface area contributed by atoms with Crippen molar-refractivity contribution in [1.29, 1.82) is 0 Å². The molecule has 5 aromatic rings. The predicted octanol–water partition coefficient (Wildman–Crippen LogP) is 8.63. The number of alkyl halides is 3. The number of halogens is 3. The van der Waals surface area contributed by atoms with Gasteiger partial charge in [0.05, 0.1) is 31.1 Å². The third-order valence-electron chi connectivity index (χ3n) is 8.29. The van der Waals surface area contributed by atoms with Gasteiger partial charge in [-0.25, -0.2) is 9.79 Å². The molecule has 1 unspecified atom stereocenters. The van der Waals surface area contributed by atoms with E-state index in [4.69, 9.17) is 28.4 Å². The van der Waals surface area contributed by atoms with Gasteiger partial charge in [0.15, 0.2) is 0 Å². The third-order valence-corrected chi connectivity index (χ3v) is 8.29. The number of carbonyl (C=O) groups excluding carboxylic acids is 1. The van der Waals surface area contributed by atoms with E-state index in [1.807, 2.05) is 91.0 Å². The zero-order chi connectivity index (χ0) is 36.9. The largest absolute Gasteiger partial charge is 0.468 e. The molecular formula is C42H38F3NO7. The van der Waals surface area contributed by atoms with E-state index in [0.717, 1.165) is 16.7 Å². The fourth-order valence-electron chi connectivity index (χ4n) is 5.68. The first-order chi connectivity index (χ1) is 25.8. The molecule has 1 aliphatic rings. The van der Waals surface area contributed by atoms with Crippen molar-refractivity contribution in [3.63, 3.8) is 0 Å². The standard InChI is InChI=1S/C42H38F3NO7/c43-42(44,45)41(46-34-24-14-5-15-25-34)53-40-38(50-28-32-20-10-3-11-21-32)37(49-27-31-18-8-2-9-19-31)36(48-26-30-16-6-1-7-17-30)35(52-40)29-51-39(47)33-22-12-4-13-23-33/h1-25,35-38,40H,26-29H2/t35-,36-,37+,38-,40?/m1/s1. The van der Waals surface area contributed by atoms with Crippen LogP contribution in [0, 0.1) is 0 Å². The van der Waals surface area contributed by atoms with Gasteiger partial charge in [-0.05, 0) is 41.0 Å². The Morgan fingerprint density at radius 2 is 1.02 bits per heavy atom. The Hall–Kier alpha value is -5.33. The molecular weight excluding hydrogens is 687 g/mol. The van der Waals surface area contributed by atoms with Crippen LogP contribution in [0.15, 0.2) is 157 Å². The molecule has 0 aromatic heterocycles. The second-order valence-electron chi connectivity index (χ2n) is 12.2. The average molecular weight is 726 g/mol. The fourth-order valence-corrected chi connectivity index (χ4v) is 5.68. The van der Waals surface area contributed by atoms with Crippen molar-refractivity contribution >= 4 is 17.6 Å². The lowest BCUT2D eigenvalue weighted by Crippen LogP contribution is -2.62. The topological polar surface area (TPSA) is 84.8 Å². The number of para-hydroxylation sites is 1. The minimum atomic E-state index is -5.01. The molecule has 11 heteroatoms. The second-order valence-corrected chi connectivity index (χ2v) is 12.2. The fraction of sp³-hybridized carbons (Fsp3) is 0.238. The van der Waals surface area contributed by atoms with Crippen LogP contribution in [-0.4, -0.2) is 55.4 Å². The van der Waals surface area contributed by atoms with Gasteiger partial charge in [-0.1, -0.05) is 127 Å². The first kappa shape index (κ1) is 37.4. The van der Waals surface area contributed by atoms with Crippen LogP contribution in [0.3, 0.4) is 0 Å². The molecule has 274 valence electrons. The number of nitrogens with zero attached hydrogens (tertiary/aromatic N) is 1. The van der Waals surface area contributed by atoms with E-state index in [9.17, 15) is 18.0 Å². The van der Waals surface area contributed by atoms with E-state index in [-0.39, 0.29) is 31.1 Å². The molecule has 1 heterocycles. The number of rotatable bonds is 14. The van der Waals surface area contributed by atoms with Gasteiger partial charge >= 0.3 is 12.1 Å². The molecule has 5 atom stereocenters. The summed E-state index contributed by atoms with van der Waals surface area (Å²) in [6.45, 7) is -0.282. The summed E-state index contributed by atoms with van der Waals surface area (Å²) in [6, 6.07) is 43.7. The molecule has 0 amide bonds. The van der Waals surface area contributed by atoms with Crippen molar-refractivity contribution < 1.29 is 46.4 Å². The normalized spacial score (nSPS) is 20.4. The molecule has 1 aliphatic heterocycles. The van der Waals surface area contributed by atoms with Crippen molar-refractivity contribution in [3.8, 4) is 0 Å². The maximum Gasteiger partial charge on any atom is 0.468 e. The second kappa shape index (κ2) is 18.4. The average Bonchev–Trinajstić information content (AvgIpc) is 3.19. The quantitative estimate of drug-likeness (QED) is 0.0644. The Bertz CT molecular complexity index is 1860. The maximum atomic E-state index is 14.7.